The molecule has 0 spiro atoms. The van der Waals surface area contributed by atoms with Gasteiger partial charge >= 0.3 is 0 Å². The third kappa shape index (κ3) is 1.58. The zero-order valence-corrected chi connectivity index (χ0v) is 6.37. The van der Waals surface area contributed by atoms with Gasteiger partial charge in [-0.15, -0.1) is 0 Å². The van der Waals surface area contributed by atoms with Crippen LogP contribution >= 0.6 is 0 Å². The maximum absolute atomic E-state index is 9.20. The molecule has 72 valence electrons. The number of aliphatic hydroxyl groups excluding tert-OH is 4. The Bertz CT molecular complexity index is 150. The number of hydrogen-bond donors (Lipinski definition) is 5. The van der Waals surface area contributed by atoms with Crippen LogP contribution in [0.3, 0.4) is 0 Å². The Balaban J connectivity index is 2.63. The van der Waals surface area contributed by atoms with E-state index in [0.717, 1.165) is 0 Å². The number of ether oxygens (including phenoxy) is 1. The normalized spacial score (nSPS) is 49.2. The van der Waals surface area contributed by atoms with Gasteiger partial charge in [0.2, 0.25) is 0 Å². The van der Waals surface area contributed by atoms with E-state index in [1.807, 2.05) is 0 Å². The lowest BCUT2D eigenvalue weighted by Crippen LogP contribution is -2.61. The molecule has 12 heavy (non-hydrogen) atoms. The summed E-state index contributed by atoms with van der Waals surface area (Å²) in [7, 11) is 0. The lowest BCUT2D eigenvalue weighted by molar-refractivity contribution is -0.248. The van der Waals surface area contributed by atoms with Crippen molar-refractivity contribution in [1.29, 1.82) is 0 Å². The summed E-state index contributed by atoms with van der Waals surface area (Å²) < 4.78 is 4.70. The largest absolute Gasteiger partial charge is 0.394 e. The number of rotatable bonds is 1. The van der Waals surface area contributed by atoms with Gasteiger partial charge in [0, 0.05) is 0 Å². The minimum atomic E-state index is -1.35. The molecule has 6 N–H and O–H groups in total. The molecule has 0 aromatic heterocycles. The van der Waals surface area contributed by atoms with E-state index in [-0.39, 0.29) is 0 Å². The van der Waals surface area contributed by atoms with Crippen LogP contribution in [0.4, 0.5) is 0 Å². The Morgan fingerprint density at radius 1 is 1.17 bits per heavy atom. The fraction of sp³-hybridized carbons (Fsp3) is 1.00. The molecule has 0 saturated carbocycles. The summed E-state index contributed by atoms with van der Waals surface area (Å²) in [4.78, 5) is 0. The van der Waals surface area contributed by atoms with Crippen molar-refractivity contribution in [2.75, 3.05) is 6.61 Å². The second-order valence-electron chi connectivity index (χ2n) is 2.81. The van der Waals surface area contributed by atoms with E-state index < -0.39 is 37.3 Å². The van der Waals surface area contributed by atoms with E-state index in [9.17, 15) is 10.2 Å². The number of hydrogen-bond acceptors (Lipinski definition) is 6. The molecule has 0 amide bonds. The lowest BCUT2D eigenvalue weighted by Gasteiger charge is -2.38. The van der Waals surface area contributed by atoms with Crippen molar-refractivity contribution in [3.05, 3.63) is 0 Å². The highest BCUT2D eigenvalue weighted by Crippen LogP contribution is 2.17. The monoisotopic (exact) mass is 179 g/mol. The molecule has 1 fully saturated rings. The van der Waals surface area contributed by atoms with Crippen LogP contribution in [0.1, 0.15) is 0 Å². The van der Waals surface area contributed by atoms with Crippen molar-refractivity contribution in [2.45, 2.75) is 30.6 Å². The first-order valence-corrected chi connectivity index (χ1v) is 3.64. The van der Waals surface area contributed by atoms with Gasteiger partial charge in [-0.2, -0.15) is 0 Å². The van der Waals surface area contributed by atoms with E-state index >= 15 is 0 Å². The molecule has 0 aromatic rings. The SMILES string of the molecule is NC1C(O)OC(CO)[C@H](O)[C@@H]1O. The van der Waals surface area contributed by atoms with Crippen molar-refractivity contribution in [1.82, 2.24) is 0 Å². The molecule has 0 aromatic carbocycles. The van der Waals surface area contributed by atoms with Gasteiger partial charge in [-0.25, -0.2) is 0 Å². The molecule has 1 saturated heterocycles. The second-order valence-corrected chi connectivity index (χ2v) is 2.81. The molecule has 1 heterocycles. The van der Waals surface area contributed by atoms with Gasteiger partial charge < -0.3 is 30.9 Å². The summed E-state index contributed by atoms with van der Waals surface area (Å²) in [6.45, 7) is -0.470. The Labute approximate surface area is 69.2 Å². The maximum Gasteiger partial charge on any atom is 0.173 e. The summed E-state index contributed by atoms with van der Waals surface area (Å²) in [5.41, 5.74) is 5.26. The van der Waals surface area contributed by atoms with Gasteiger partial charge in [-0.1, -0.05) is 0 Å². The third-order valence-corrected chi connectivity index (χ3v) is 1.95. The minimum absolute atomic E-state index is 0.470. The lowest BCUT2D eigenvalue weighted by atomic mass is 9.98. The van der Waals surface area contributed by atoms with E-state index in [0.29, 0.717) is 0 Å². The van der Waals surface area contributed by atoms with Crippen LogP contribution in [-0.4, -0.2) is 57.7 Å². The highest BCUT2D eigenvalue weighted by atomic mass is 16.6. The molecule has 6 nitrogen and oxygen atoms in total. The predicted molar refractivity (Wildman–Crippen MR) is 38.0 cm³/mol. The van der Waals surface area contributed by atoms with E-state index in [1.165, 1.54) is 0 Å². The Morgan fingerprint density at radius 3 is 2.25 bits per heavy atom. The van der Waals surface area contributed by atoms with E-state index in [4.69, 9.17) is 20.7 Å². The van der Waals surface area contributed by atoms with Crippen molar-refractivity contribution in [2.24, 2.45) is 5.73 Å². The van der Waals surface area contributed by atoms with Crippen molar-refractivity contribution in [3.8, 4) is 0 Å². The van der Waals surface area contributed by atoms with Gasteiger partial charge in [0.15, 0.2) is 6.29 Å². The fourth-order valence-corrected chi connectivity index (χ4v) is 1.12. The molecular weight excluding hydrogens is 166 g/mol. The summed E-state index contributed by atoms with van der Waals surface area (Å²) in [6, 6.07) is -1.04. The molecular formula is C6H13NO5. The van der Waals surface area contributed by atoms with Crippen LogP contribution in [0.2, 0.25) is 0 Å². The molecule has 6 heteroatoms. The first kappa shape index (κ1) is 9.85. The van der Waals surface area contributed by atoms with Gasteiger partial charge in [-0.05, 0) is 0 Å². The number of nitrogens with two attached hydrogens (primary N) is 1. The maximum atomic E-state index is 9.20. The van der Waals surface area contributed by atoms with Crippen LogP contribution in [0.5, 0.6) is 0 Å². The minimum Gasteiger partial charge on any atom is -0.394 e. The first-order valence-electron chi connectivity index (χ1n) is 3.64. The smallest absolute Gasteiger partial charge is 0.173 e. The first-order chi connectivity index (χ1) is 5.57. The molecule has 1 aliphatic heterocycles. The van der Waals surface area contributed by atoms with E-state index in [2.05, 4.69) is 0 Å². The standard InChI is InChI=1S/C6H13NO5/c7-3-5(10)4(9)2(1-8)12-6(3)11/h2-6,8-11H,1,7H2/t2?,3?,4-,5+,6?/m0/s1. The summed E-state index contributed by atoms with van der Waals surface area (Å²) >= 11 is 0. The van der Waals surface area contributed by atoms with Crippen LogP contribution in [0.15, 0.2) is 0 Å². The molecule has 1 rings (SSSR count). The van der Waals surface area contributed by atoms with Crippen molar-refractivity contribution in [3.63, 3.8) is 0 Å². The van der Waals surface area contributed by atoms with Crippen molar-refractivity contribution >= 4 is 0 Å². The summed E-state index contributed by atoms with van der Waals surface area (Å²) in [5.74, 6) is 0. The van der Waals surface area contributed by atoms with Gasteiger partial charge in [-0.3, -0.25) is 0 Å². The van der Waals surface area contributed by atoms with Gasteiger partial charge in [0.1, 0.15) is 18.3 Å². The number of aliphatic hydroxyl groups is 4. The topological polar surface area (TPSA) is 116 Å². The second kappa shape index (κ2) is 3.65. The van der Waals surface area contributed by atoms with Crippen LogP contribution in [0.25, 0.3) is 0 Å². The van der Waals surface area contributed by atoms with Crippen LogP contribution < -0.4 is 5.73 Å². The Hall–Kier alpha value is -0.240. The van der Waals surface area contributed by atoms with Crippen molar-refractivity contribution < 1.29 is 25.2 Å². The molecule has 1 aliphatic rings. The summed E-state index contributed by atoms with van der Waals surface area (Å²) in [6.07, 6.45) is -4.85. The Morgan fingerprint density at radius 2 is 1.75 bits per heavy atom. The molecule has 5 atom stereocenters. The predicted octanol–water partition coefficient (Wildman–Crippen LogP) is -3.25. The zero-order valence-electron chi connectivity index (χ0n) is 6.37. The molecule has 3 unspecified atom stereocenters. The highest BCUT2D eigenvalue weighted by molar-refractivity contribution is 4.90. The highest BCUT2D eigenvalue weighted by Gasteiger charge is 2.41. The molecule has 0 radical (unpaired) electrons. The average molecular weight is 179 g/mol. The van der Waals surface area contributed by atoms with Gasteiger partial charge in [0.05, 0.1) is 12.6 Å². The summed E-state index contributed by atoms with van der Waals surface area (Å²) in [5, 5.41) is 36.1. The van der Waals surface area contributed by atoms with Crippen LogP contribution in [0, 0.1) is 0 Å². The van der Waals surface area contributed by atoms with Gasteiger partial charge in [0.25, 0.3) is 0 Å². The third-order valence-electron chi connectivity index (χ3n) is 1.95. The zero-order chi connectivity index (χ0) is 9.30. The van der Waals surface area contributed by atoms with Crippen LogP contribution in [-0.2, 0) is 4.74 Å². The fourth-order valence-electron chi connectivity index (χ4n) is 1.12. The Kier molecular flexibility index (Phi) is 2.99. The molecule has 0 bridgehead atoms. The van der Waals surface area contributed by atoms with E-state index in [1.54, 1.807) is 0 Å². The quantitative estimate of drug-likeness (QED) is 0.288. The molecule has 0 aliphatic carbocycles. The average Bonchev–Trinajstić information content (AvgIpc) is 2.08.